The van der Waals surface area contributed by atoms with Crippen LogP contribution in [-0.2, 0) is 6.54 Å². The van der Waals surface area contributed by atoms with Gasteiger partial charge in [-0.3, -0.25) is 4.90 Å². The van der Waals surface area contributed by atoms with E-state index in [2.05, 4.69) is 69.3 Å². The summed E-state index contributed by atoms with van der Waals surface area (Å²) in [6, 6.07) is 13.0. The van der Waals surface area contributed by atoms with Crippen molar-refractivity contribution in [3.05, 3.63) is 53.9 Å². The lowest BCUT2D eigenvalue weighted by Gasteiger charge is -2.44. The van der Waals surface area contributed by atoms with Crippen molar-refractivity contribution < 1.29 is 4.79 Å². The molecule has 0 bridgehead atoms. The Morgan fingerprint density at radius 1 is 1.06 bits per heavy atom. The first kappa shape index (κ1) is 24.0. The number of nitrogens with one attached hydrogen (secondary N) is 1. The van der Waals surface area contributed by atoms with Crippen LogP contribution < -0.4 is 10.2 Å². The highest BCUT2D eigenvalue weighted by atomic mass is 16.2. The lowest BCUT2D eigenvalue weighted by molar-refractivity contribution is 0.135. The highest BCUT2D eigenvalue weighted by Crippen LogP contribution is 2.21. The van der Waals surface area contributed by atoms with Crippen LogP contribution in [0.15, 0.2) is 42.7 Å². The summed E-state index contributed by atoms with van der Waals surface area (Å²) in [6.07, 6.45) is 7.30. The second kappa shape index (κ2) is 11.3. The molecule has 0 spiro atoms. The Labute approximate surface area is 202 Å². The van der Waals surface area contributed by atoms with Gasteiger partial charge in [0.15, 0.2) is 0 Å². The van der Waals surface area contributed by atoms with Crippen LogP contribution in [0.1, 0.15) is 50.7 Å². The van der Waals surface area contributed by atoms with Gasteiger partial charge in [-0.15, -0.1) is 0 Å². The fraction of sp³-hybridized carbons (Fsp3) is 0.538. The van der Waals surface area contributed by atoms with Crippen molar-refractivity contribution in [3.8, 4) is 6.07 Å². The highest BCUT2D eigenvalue weighted by Gasteiger charge is 2.34. The van der Waals surface area contributed by atoms with Crippen molar-refractivity contribution in [2.24, 2.45) is 0 Å². The number of rotatable bonds is 4. The van der Waals surface area contributed by atoms with Crippen LogP contribution in [0.5, 0.6) is 0 Å². The van der Waals surface area contributed by atoms with E-state index in [4.69, 9.17) is 5.26 Å². The third kappa shape index (κ3) is 6.03. The molecule has 8 heteroatoms. The van der Waals surface area contributed by atoms with Gasteiger partial charge in [0.25, 0.3) is 0 Å². The Morgan fingerprint density at radius 2 is 1.68 bits per heavy atom. The largest absolute Gasteiger partial charge is 0.337 e. The maximum Gasteiger partial charge on any atom is 0.318 e. The number of hydrogen-bond acceptors (Lipinski definition) is 6. The molecule has 3 heterocycles. The first-order chi connectivity index (χ1) is 16.5. The minimum atomic E-state index is 0.0344. The van der Waals surface area contributed by atoms with Crippen molar-refractivity contribution in [2.45, 2.75) is 64.2 Å². The molecule has 2 atom stereocenters. The molecular formula is C26H35N7O. The molecule has 2 aliphatic rings. The fourth-order valence-corrected chi connectivity index (χ4v) is 5.20. The molecule has 8 nitrogen and oxygen atoms in total. The van der Waals surface area contributed by atoms with E-state index in [1.807, 2.05) is 11.0 Å². The first-order valence-corrected chi connectivity index (χ1v) is 12.4. The van der Waals surface area contributed by atoms with Crippen LogP contribution in [0.4, 0.5) is 10.7 Å². The van der Waals surface area contributed by atoms with Gasteiger partial charge in [0.05, 0.1) is 18.0 Å². The molecule has 2 amide bonds. The first-order valence-electron chi connectivity index (χ1n) is 12.4. The number of nitriles is 1. The molecule has 0 aliphatic carbocycles. The lowest BCUT2D eigenvalue weighted by Crippen LogP contribution is -2.62. The second-order valence-corrected chi connectivity index (χ2v) is 9.59. The van der Waals surface area contributed by atoms with Crippen molar-refractivity contribution in [1.82, 2.24) is 25.1 Å². The monoisotopic (exact) mass is 461 g/mol. The molecule has 1 aromatic carbocycles. The van der Waals surface area contributed by atoms with E-state index >= 15 is 0 Å². The van der Waals surface area contributed by atoms with Gasteiger partial charge in [0.1, 0.15) is 6.07 Å². The minimum Gasteiger partial charge on any atom is -0.337 e. The Hall–Kier alpha value is -3.18. The third-order valence-corrected chi connectivity index (χ3v) is 6.83. The predicted octanol–water partition coefficient (Wildman–Crippen LogP) is 3.40. The fourth-order valence-electron chi connectivity index (χ4n) is 5.20. The van der Waals surface area contributed by atoms with Crippen LogP contribution in [0.25, 0.3) is 0 Å². The van der Waals surface area contributed by atoms with E-state index in [1.165, 1.54) is 5.56 Å². The molecular weight excluding hydrogens is 426 g/mol. The maximum absolute atomic E-state index is 13.2. The minimum absolute atomic E-state index is 0.0344. The van der Waals surface area contributed by atoms with E-state index in [-0.39, 0.29) is 24.2 Å². The number of benzene rings is 1. The standard InChI is InChI=1S/C26H35N7O/c1-20-17-32(25-28-15-23(14-27)16-29-25)18-21(2)33(20)26(34)30-24-10-6-12-31(13-7-11-24)19-22-8-4-3-5-9-22/h3-5,8-9,15-16,20-21,24H,6-7,10-13,17-19H2,1-2H3,(H,30,34)/t20-,21+. The van der Waals surface area contributed by atoms with Gasteiger partial charge in [0.2, 0.25) is 5.95 Å². The van der Waals surface area contributed by atoms with Gasteiger partial charge in [-0.05, 0) is 58.2 Å². The van der Waals surface area contributed by atoms with E-state index in [0.717, 1.165) is 45.3 Å². The summed E-state index contributed by atoms with van der Waals surface area (Å²) in [5.41, 5.74) is 1.81. The van der Waals surface area contributed by atoms with Gasteiger partial charge in [-0.2, -0.15) is 5.26 Å². The second-order valence-electron chi connectivity index (χ2n) is 9.59. The van der Waals surface area contributed by atoms with Gasteiger partial charge in [0, 0.05) is 37.8 Å². The Kier molecular flexibility index (Phi) is 7.96. The van der Waals surface area contributed by atoms with Crippen molar-refractivity contribution in [3.63, 3.8) is 0 Å². The number of aromatic nitrogens is 2. The molecule has 2 aliphatic heterocycles. The zero-order chi connectivity index (χ0) is 23.9. The van der Waals surface area contributed by atoms with E-state index in [0.29, 0.717) is 24.6 Å². The number of piperazine rings is 1. The molecule has 4 rings (SSSR count). The Morgan fingerprint density at radius 3 is 2.26 bits per heavy atom. The SMILES string of the molecule is C[C@@H]1CN(c2ncc(C#N)cn2)C[C@H](C)N1C(=O)NC1CCCN(Cc2ccccc2)CCC1. The number of hydrogen-bond donors (Lipinski definition) is 1. The molecule has 2 saturated heterocycles. The highest BCUT2D eigenvalue weighted by molar-refractivity contribution is 5.75. The van der Waals surface area contributed by atoms with E-state index in [1.54, 1.807) is 12.4 Å². The Balaban J connectivity index is 1.27. The summed E-state index contributed by atoms with van der Waals surface area (Å²) in [4.78, 5) is 28.5. The van der Waals surface area contributed by atoms with Crippen molar-refractivity contribution in [1.29, 1.82) is 5.26 Å². The zero-order valence-electron chi connectivity index (χ0n) is 20.2. The number of carbonyl (C=O) groups excluding carboxylic acids is 1. The molecule has 34 heavy (non-hydrogen) atoms. The normalized spacial score (nSPS) is 22.5. The molecule has 1 N–H and O–H groups in total. The topological polar surface area (TPSA) is 88.4 Å². The van der Waals surface area contributed by atoms with Gasteiger partial charge in [-0.25, -0.2) is 14.8 Å². The summed E-state index contributed by atoms with van der Waals surface area (Å²) in [7, 11) is 0. The number of amides is 2. The van der Waals surface area contributed by atoms with Crippen LogP contribution in [-0.4, -0.2) is 70.1 Å². The van der Waals surface area contributed by atoms with E-state index < -0.39 is 0 Å². The number of likely N-dealkylation sites (tertiary alicyclic amines) is 1. The van der Waals surface area contributed by atoms with Crippen LogP contribution in [0.2, 0.25) is 0 Å². The van der Waals surface area contributed by atoms with Gasteiger partial charge >= 0.3 is 6.03 Å². The summed E-state index contributed by atoms with van der Waals surface area (Å²) in [5.74, 6) is 0.609. The number of anilines is 1. The van der Waals surface area contributed by atoms with Crippen LogP contribution in [0.3, 0.4) is 0 Å². The smallest absolute Gasteiger partial charge is 0.318 e. The molecule has 2 aromatic rings. The molecule has 0 radical (unpaired) electrons. The number of urea groups is 1. The number of carbonyl (C=O) groups is 1. The third-order valence-electron chi connectivity index (χ3n) is 6.83. The van der Waals surface area contributed by atoms with Crippen molar-refractivity contribution >= 4 is 12.0 Å². The van der Waals surface area contributed by atoms with Crippen LogP contribution in [0, 0.1) is 11.3 Å². The van der Waals surface area contributed by atoms with Crippen molar-refractivity contribution in [2.75, 3.05) is 31.1 Å². The number of nitrogens with zero attached hydrogens (tertiary/aromatic N) is 6. The molecule has 2 fully saturated rings. The van der Waals surface area contributed by atoms with Gasteiger partial charge in [-0.1, -0.05) is 30.3 Å². The average molecular weight is 462 g/mol. The summed E-state index contributed by atoms with van der Waals surface area (Å²) < 4.78 is 0. The summed E-state index contributed by atoms with van der Waals surface area (Å²) in [6.45, 7) is 8.62. The molecule has 0 saturated carbocycles. The summed E-state index contributed by atoms with van der Waals surface area (Å²) in [5, 5.41) is 12.3. The van der Waals surface area contributed by atoms with Crippen LogP contribution >= 0.6 is 0 Å². The van der Waals surface area contributed by atoms with E-state index in [9.17, 15) is 4.79 Å². The van der Waals surface area contributed by atoms with Gasteiger partial charge < -0.3 is 15.1 Å². The molecule has 180 valence electrons. The molecule has 0 unspecified atom stereocenters. The quantitative estimate of drug-likeness (QED) is 0.751. The maximum atomic E-state index is 13.2. The zero-order valence-corrected chi connectivity index (χ0v) is 20.2. The molecule has 1 aromatic heterocycles. The average Bonchev–Trinajstić information content (AvgIpc) is 2.82. The Bertz CT molecular complexity index is 953. The lowest BCUT2D eigenvalue weighted by atomic mass is 10.0. The summed E-state index contributed by atoms with van der Waals surface area (Å²) >= 11 is 0. The predicted molar refractivity (Wildman–Crippen MR) is 132 cm³/mol.